The second-order valence-corrected chi connectivity index (χ2v) is 5.01. The topological polar surface area (TPSA) is 49.8 Å². The SMILES string of the molecule is CN(CC1(C=O)CCCOC1)c1ccc(O)cc1. The van der Waals surface area contributed by atoms with Crippen LogP contribution in [0.15, 0.2) is 24.3 Å². The van der Waals surface area contributed by atoms with E-state index in [0.29, 0.717) is 13.2 Å². The number of benzene rings is 1. The Morgan fingerprint density at radius 3 is 2.72 bits per heavy atom. The van der Waals surface area contributed by atoms with Gasteiger partial charge in [-0.3, -0.25) is 0 Å². The summed E-state index contributed by atoms with van der Waals surface area (Å²) < 4.78 is 5.43. The lowest BCUT2D eigenvalue weighted by atomic mass is 9.83. The molecular formula is C14H19NO3. The molecule has 0 radical (unpaired) electrons. The zero-order valence-corrected chi connectivity index (χ0v) is 10.6. The molecule has 98 valence electrons. The van der Waals surface area contributed by atoms with Crippen LogP contribution in [0.25, 0.3) is 0 Å². The molecule has 0 aliphatic carbocycles. The third kappa shape index (κ3) is 2.82. The normalized spacial score (nSPS) is 23.6. The van der Waals surface area contributed by atoms with E-state index in [4.69, 9.17) is 4.74 Å². The number of carbonyl (C=O) groups excluding carboxylic acids is 1. The molecule has 4 heteroatoms. The van der Waals surface area contributed by atoms with Gasteiger partial charge >= 0.3 is 0 Å². The summed E-state index contributed by atoms with van der Waals surface area (Å²) >= 11 is 0. The first kappa shape index (κ1) is 12.9. The minimum absolute atomic E-state index is 0.248. The van der Waals surface area contributed by atoms with E-state index in [1.165, 1.54) is 0 Å². The predicted octanol–water partition coefficient (Wildman–Crippen LogP) is 1.82. The third-order valence-electron chi connectivity index (χ3n) is 3.45. The van der Waals surface area contributed by atoms with Gasteiger partial charge in [-0.15, -0.1) is 0 Å². The van der Waals surface area contributed by atoms with Crippen molar-refractivity contribution in [2.45, 2.75) is 12.8 Å². The van der Waals surface area contributed by atoms with E-state index < -0.39 is 5.41 Å². The molecule has 1 fully saturated rings. The number of nitrogens with zero attached hydrogens (tertiary/aromatic N) is 1. The van der Waals surface area contributed by atoms with Crippen molar-refractivity contribution in [1.29, 1.82) is 0 Å². The van der Waals surface area contributed by atoms with Crippen LogP contribution in [0.1, 0.15) is 12.8 Å². The molecule has 1 N–H and O–H groups in total. The summed E-state index contributed by atoms with van der Waals surface area (Å²) in [5.41, 5.74) is 0.588. The Kier molecular flexibility index (Phi) is 3.87. The molecule has 1 unspecified atom stereocenters. The molecular weight excluding hydrogens is 230 g/mol. The quantitative estimate of drug-likeness (QED) is 0.827. The molecule has 1 aromatic rings. The highest BCUT2D eigenvalue weighted by molar-refractivity contribution is 5.62. The highest BCUT2D eigenvalue weighted by atomic mass is 16.5. The fraction of sp³-hybridized carbons (Fsp3) is 0.500. The number of carbonyl (C=O) groups is 1. The van der Waals surface area contributed by atoms with Crippen LogP contribution in [-0.2, 0) is 9.53 Å². The first-order valence-electron chi connectivity index (χ1n) is 6.19. The van der Waals surface area contributed by atoms with Crippen molar-refractivity contribution in [3.8, 4) is 5.75 Å². The number of ether oxygens (including phenoxy) is 1. The average Bonchev–Trinajstić information content (AvgIpc) is 2.40. The van der Waals surface area contributed by atoms with Gasteiger partial charge in [-0.25, -0.2) is 0 Å². The van der Waals surface area contributed by atoms with Crippen molar-refractivity contribution in [2.75, 3.05) is 31.7 Å². The maximum absolute atomic E-state index is 11.4. The van der Waals surface area contributed by atoms with Gasteiger partial charge < -0.3 is 19.5 Å². The molecule has 4 nitrogen and oxygen atoms in total. The first-order chi connectivity index (χ1) is 8.65. The lowest BCUT2D eigenvalue weighted by molar-refractivity contribution is -0.122. The minimum atomic E-state index is -0.398. The Hall–Kier alpha value is -1.55. The Morgan fingerprint density at radius 2 is 2.17 bits per heavy atom. The van der Waals surface area contributed by atoms with Crippen molar-refractivity contribution >= 4 is 12.0 Å². The number of rotatable bonds is 4. The van der Waals surface area contributed by atoms with Gasteiger partial charge in [-0.05, 0) is 37.1 Å². The molecule has 0 saturated carbocycles. The number of phenols is 1. The molecule has 1 heterocycles. The number of aromatic hydroxyl groups is 1. The van der Waals surface area contributed by atoms with Crippen molar-refractivity contribution in [2.24, 2.45) is 5.41 Å². The summed E-state index contributed by atoms with van der Waals surface area (Å²) in [6.45, 7) is 1.89. The largest absolute Gasteiger partial charge is 0.508 e. The molecule has 18 heavy (non-hydrogen) atoms. The number of aldehydes is 1. The van der Waals surface area contributed by atoms with E-state index in [1.54, 1.807) is 12.1 Å². The lowest BCUT2D eigenvalue weighted by Gasteiger charge is -2.36. The molecule has 0 bridgehead atoms. The van der Waals surface area contributed by atoms with E-state index in [0.717, 1.165) is 31.4 Å². The molecule has 1 atom stereocenters. The maximum Gasteiger partial charge on any atom is 0.130 e. The zero-order valence-electron chi connectivity index (χ0n) is 10.6. The fourth-order valence-electron chi connectivity index (χ4n) is 2.40. The molecule has 1 saturated heterocycles. The first-order valence-corrected chi connectivity index (χ1v) is 6.19. The van der Waals surface area contributed by atoms with E-state index in [-0.39, 0.29) is 5.75 Å². The van der Waals surface area contributed by atoms with Crippen LogP contribution in [0.2, 0.25) is 0 Å². The second kappa shape index (κ2) is 5.40. The number of hydrogen-bond donors (Lipinski definition) is 1. The highest BCUT2D eigenvalue weighted by Gasteiger charge is 2.34. The monoisotopic (exact) mass is 249 g/mol. The molecule has 1 aliphatic heterocycles. The van der Waals surface area contributed by atoms with Crippen LogP contribution < -0.4 is 4.90 Å². The smallest absolute Gasteiger partial charge is 0.130 e. The summed E-state index contributed by atoms with van der Waals surface area (Å²) in [5.74, 6) is 0.248. The zero-order chi connectivity index (χ0) is 13.0. The minimum Gasteiger partial charge on any atom is -0.508 e. The van der Waals surface area contributed by atoms with Gasteiger partial charge in [0.1, 0.15) is 12.0 Å². The van der Waals surface area contributed by atoms with Crippen LogP contribution in [0, 0.1) is 5.41 Å². The fourth-order valence-corrected chi connectivity index (χ4v) is 2.40. The van der Waals surface area contributed by atoms with E-state index >= 15 is 0 Å². The van der Waals surface area contributed by atoms with Gasteiger partial charge in [0.2, 0.25) is 0 Å². The molecule has 1 aromatic carbocycles. The Balaban J connectivity index is 2.07. The van der Waals surface area contributed by atoms with Crippen molar-refractivity contribution in [3.05, 3.63) is 24.3 Å². The summed E-state index contributed by atoms with van der Waals surface area (Å²) in [4.78, 5) is 13.4. The van der Waals surface area contributed by atoms with Crippen LogP contribution in [0.3, 0.4) is 0 Å². The van der Waals surface area contributed by atoms with Crippen LogP contribution >= 0.6 is 0 Å². The molecule has 1 aliphatic rings. The average molecular weight is 249 g/mol. The van der Waals surface area contributed by atoms with Crippen LogP contribution in [0.5, 0.6) is 5.75 Å². The molecule has 0 spiro atoms. The molecule has 0 aromatic heterocycles. The second-order valence-electron chi connectivity index (χ2n) is 5.01. The molecule has 0 amide bonds. The summed E-state index contributed by atoms with van der Waals surface area (Å²) in [7, 11) is 1.95. The number of hydrogen-bond acceptors (Lipinski definition) is 4. The van der Waals surface area contributed by atoms with E-state index in [2.05, 4.69) is 0 Å². The van der Waals surface area contributed by atoms with Crippen molar-refractivity contribution < 1.29 is 14.6 Å². The lowest BCUT2D eigenvalue weighted by Crippen LogP contribution is -2.43. The number of anilines is 1. The van der Waals surface area contributed by atoms with Gasteiger partial charge in [0.15, 0.2) is 0 Å². The maximum atomic E-state index is 11.4. The van der Waals surface area contributed by atoms with Gasteiger partial charge in [0.05, 0.1) is 12.0 Å². The van der Waals surface area contributed by atoms with E-state index in [1.807, 2.05) is 24.1 Å². The summed E-state index contributed by atoms with van der Waals surface area (Å²) in [5, 5.41) is 9.26. The molecule has 2 rings (SSSR count). The summed E-state index contributed by atoms with van der Waals surface area (Å²) in [6.07, 6.45) is 2.84. The summed E-state index contributed by atoms with van der Waals surface area (Å²) in [6, 6.07) is 6.99. The van der Waals surface area contributed by atoms with Crippen molar-refractivity contribution in [3.63, 3.8) is 0 Å². The van der Waals surface area contributed by atoms with Gasteiger partial charge in [-0.2, -0.15) is 0 Å². The Bertz CT molecular complexity index is 396. The Labute approximate surface area is 107 Å². The van der Waals surface area contributed by atoms with Gasteiger partial charge in [-0.1, -0.05) is 0 Å². The van der Waals surface area contributed by atoms with Crippen molar-refractivity contribution in [1.82, 2.24) is 0 Å². The van der Waals surface area contributed by atoms with Crippen LogP contribution in [0.4, 0.5) is 5.69 Å². The van der Waals surface area contributed by atoms with Crippen LogP contribution in [-0.4, -0.2) is 38.2 Å². The standard InChI is InChI=1S/C14H19NO3/c1-15(12-3-5-13(17)6-4-12)9-14(10-16)7-2-8-18-11-14/h3-6,10,17H,2,7-9,11H2,1H3. The van der Waals surface area contributed by atoms with Gasteiger partial charge in [0.25, 0.3) is 0 Å². The van der Waals surface area contributed by atoms with Gasteiger partial charge in [0, 0.05) is 25.9 Å². The highest BCUT2D eigenvalue weighted by Crippen LogP contribution is 2.29. The predicted molar refractivity (Wildman–Crippen MR) is 69.9 cm³/mol. The Morgan fingerprint density at radius 1 is 1.44 bits per heavy atom. The van der Waals surface area contributed by atoms with E-state index in [9.17, 15) is 9.90 Å². The number of phenolic OH excluding ortho intramolecular Hbond substituents is 1. The third-order valence-corrected chi connectivity index (χ3v) is 3.45.